The van der Waals surface area contributed by atoms with Crippen LogP contribution in [0.1, 0.15) is 23.2 Å². The van der Waals surface area contributed by atoms with Crippen LogP contribution in [0.5, 0.6) is 5.75 Å². The van der Waals surface area contributed by atoms with E-state index in [-0.39, 0.29) is 11.7 Å². The molecule has 1 fully saturated rings. The molecular formula is C18H20N2O4S. The Kier molecular flexibility index (Phi) is 4.94. The number of sulfonamides is 1. The van der Waals surface area contributed by atoms with Crippen LogP contribution < -0.4 is 14.4 Å². The molecule has 2 aromatic rings. The summed E-state index contributed by atoms with van der Waals surface area (Å²) in [4.78, 5) is 12.3. The van der Waals surface area contributed by atoms with Gasteiger partial charge in [-0.1, -0.05) is 18.2 Å². The Labute approximate surface area is 147 Å². The number of hydrogen-bond donors (Lipinski definition) is 1. The molecule has 1 N–H and O–H groups in total. The van der Waals surface area contributed by atoms with Gasteiger partial charge in [-0.05, 0) is 43.2 Å². The number of nitrogens with one attached hydrogen (secondary N) is 1. The molecule has 1 saturated heterocycles. The van der Waals surface area contributed by atoms with E-state index in [1.54, 1.807) is 42.5 Å². The summed E-state index contributed by atoms with van der Waals surface area (Å²) in [7, 11) is -1.87. The van der Waals surface area contributed by atoms with Gasteiger partial charge in [0.05, 0.1) is 18.6 Å². The lowest BCUT2D eigenvalue weighted by molar-refractivity contribution is 0.102. The largest absolute Gasteiger partial charge is 0.495 e. The average molecular weight is 360 g/mol. The van der Waals surface area contributed by atoms with Gasteiger partial charge >= 0.3 is 0 Å². The van der Waals surface area contributed by atoms with E-state index in [2.05, 4.69) is 5.32 Å². The molecule has 1 aliphatic rings. The topological polar surface area (TPSA) is 75.7 Å². The summed E-state index contributed by atoms with van der Waals surface area (Å²) in [5.74, 6) is 0.331. The van der Waals surface area contributed by atoms with Crippen molar-refractivity contribution in [2.24, 2.45) is 0 Å². The Hall–Kier alpha value is -2.54. The van der Waals surface area contributed by atoms with E-state index >= 15 is 0 Å². The lowest BCUT2D eigenvalue weighted by atomic mass is 10.2. The first kappa shape index (κ1) is 17.3. The van der Waals surface area contributed by atoms with Crippen molar-refractivity contribution in [2.45, 2.75) is 12.8 Å². The zero-order chi connectivity index (χ0) is 17.9. The molecular weight excluding hydrogens is 340 g/mol. The number of hydrogen-bond acceptors (Lipinski definition) is 4. The average Bonchev–Trinajstić information content (AvgIpc) is 2.62. The lowest BCUT2D eigenvalue weighted by Crippen LogP contribution is -2.38. The molecule has 7 heteroatoms. The van der Waals surface area contributed by atoms with Crippen LogP contribution in [0.3, 0.4) is 0 Å². The number of anilines is 2. The van der Waals surface area contributed by atoms with E-state index in [1.807, 2.05) is 6.07 Å². The van der Waals surface area contributed by atoms with Gasteiger partial charge in [0.15, 0.2) is 0 Å². The van der Waals surface area contributed by atoms with Crippen molar-refractivity contribution in [3.63, 3.8) is 0 Å². The highest BCUT2D eigenvalue weighted by molar-refractivity contribution is 7.92. The molecule has 0 atom stereocenters. The summed E-state index contributed by atoms with van der Waals surface area (Å²) >= 11 is 0. The standard InChI is InChI=1S/C18H20N2O4S/c1-24-17-10-9-15(19-18(21)14-7-3-2-4-8-14)13-16(17)20-11-5-6-12-25(20,22)23/h2-4,7-10,13H,5-6,11-12H2,1H3,(H,19,21). The minimum absolute atomic E-state index is 0.122. The van der Waals surface area contributed by atoms with Gasteiger partial charge in [-0.3, -0.25) is 9.10 Å². The third-order valence-electron chi connectivity index (χ3n) is 4.09. The minimum atomic E-state index is -3.37. The Morgan fingerprint density at radius 3 is 2.56 bits per heavy atom. The van der Waals surface area contributed by atoms with Crippen LogP contribution in [-0.4, -0.2) is 33.7 Å². The van der Waals surface area contributed by atoms with Crippen molar-refractivity contribution in [1.29, 1.82) is 0 Å². The molecule has 0 bridgehead atoms. The number of carbonyl (C=O) groups excluding carboxylic acids is 1. The first-order valence-corrected chi connectivity index (χ1v) is 9.67. The van der Waals surface area contributed by atoms with Gasteiger partial charge in [0, 0.05) is 17.8 Å². The zero-order valence-corrected chi connectivity index (χ0v) is 14.8. The van der Waals surface area contributed by atoms with Gasteiger partial charge in [-0.2, -0.15) is 0 Å². The molecule has 3 rings (SSSR count). The molecule has 1 amide bonds. The molecule has 6 nitrogen and oxygen atoms in total. The summed E-state index contributed by atoms with van der Waals surface area (Å²) in [5, 5.41) is 2.80. The van der Waals surface area contributed by atoms with Gasteiger partial charge in [0.2, 0.25) is 10.0 Å². The fourth-order valence-electron chi connectivity index (χ4n) is 2.81. The van der Waals surface area contributed by atoms with Crippen molar-refractivity contribution >= 4 is 27.3 Å². The summed E-state index contributed by atoms with van der Waals surface area (Å²) in [5.41, 5.74) is 1.50. The summed E-state index contributed by atoms with van der Waals surface area (Å²) < 4.78 is 31.5. The summed E-state index contributed by atoms with van der Waals surface area (Å²) in [6.07, 6.45) is 1.45. The SMILES string of the molecule is COc1ccc(NC(=O)c2ccccc2)cc1N1CCCCS1(=O)=O. The fraction of sp³-hybridized carbons (Fsp3) is 0.278. The number of carbonyl (C=O) groups is 1. The molecule has 25 heavy (non-hydrogen) atoms. The Morgan fingerprint density at radius 2 is 1.88 bits per heavy atom. The summed E-state index contributed by atoms with van der Waals surface area (Å²) in [6, 6.07) is 13.8. The molecule has 0 unspecified atom stereocenters. The van der Waals surface area contributed by atoms with Gasteiger partial charge < -0.3 is 10.1 Å². The van der Waals surface area contributed by atoms with Gasteiger partial charge in [0.1, 0.15) is 5.75 Å². The Balaban J connectivity index is 1.91. The second kappa shape index (κ2) is 7.14. The Bertz CT molecular complexity index is 866. The number of benzene rings is 2. The molecule has 1 aliphatic heterocycles. The van der Waals surface area contributed by atoms with E-state index < -0.39 is 10.0 Å². The molecule has 0 spiro atoms. The highest BCUT2D eigenvalue weighted by Gasteiger charge is 2.28. The molecule has 0 saturated carbocycles. The number of ether oxygens (including phenoxy) is 1. The van der Waals surface area contributed by atoms with Crippen molar-refractivity contribution < 1.29 is 17.9 Å². The van der Waals surface area contributed by atoms with Crippen LogP contribution in [0.15, 0.2) is 48.5 Å². The minimum Gasteiger partial charge on any atom is -0.495 e. The van der Waals surface area contributed by atoms with Gasteiger partial charge in [0.25, 0.3) is 5.91 Å². The second-order valence-electron chi connectivity index (χ2n) is 5.80. The lowest BCUT2D eigenvalue weighted by Gasteiger charge is -2.29. The maximum absolute atomic E-state index is 12.4. The van der Waals surface area contributed by atoms with Crippen LogP contribution in [-0.2, 0) is 10.0 Å². The molecule has 0 aromatic heterocycles. The van der Waals surface area contributed by atoms with Crippen LogP contribution in [0.25, 0.3) is 0 Å². The molecule has 0 radical (unpaired) electrons. The quantitative estimate of drug-likeness (QED) is 0.910. The molecule has 1 heterocycles. The van der Waals surface area contributed by atoms with E-state index in [0.717, 1.165) is 6.42 Å². The van der Waals surface area contributed by atoms with Crippen LogP contribution in [0, 0.1) is 0 Å². The number of methoxy groups -OCH3 is 1. The van der Waals surface area contributed by atoms with E-state index in [9.17, 15) is 13.2 Å². The highest BCUT2D eigenvalue weighted by Crippen LogP contribution is 2.35. The number of nitrogens with zero attached hydrogens (tertiary/aromatic N) is 1. The third kappa shape index (κ3) is 3.76. The Morgan fingerprint density at radius 1 is 1.12 bits per heavy atom. The van der Waals surface area contributed by atoms with E-state index in [1.165, 1.54) is 11.4 Å². The predicted molar refractivity (Wildman–Crippen MR) is 97.8 cm³/mol. The fourth-order valence-corrected chi connectivity index (χ4v) is 4.45. The van der Waals surface area contributed by atoms with E-state index in [0.29, 0.717) is 35.7 Å². The van der Waals surface area contributed by atoms with Crippen molar-refractivity contribution in [3.8, 4) is 5.75 Å². The predicted octanol–water partition coefficient (Wildman–Crippen LogP) is 2.88. The smallest absolute Gasteiger partial charge is 0.255 e. The van der Waals surface area contributed by atoms with Crippen LogP contribution in [0.4, 0.5) is 11.4 Å². The molecule has 0 aliphatic carbocycles. The third-order valence-corrected chi connectivity index (χ3v) is 5.95. The normalized spacial score (nSPS) is 16.3. The van der Waals surface area contributed by atoms with Crippen molar-refractivity contribution in [2.75, 3.05) is 29.0 Å². The van der Waals surface area contributed by atoms with Crippen molar-refractivity contribution in [1.82, 2.24) is 0 Å². The van der Waals surface area contributed by atoms with Crippen LogP contribution >= 0.6 is 0 Å². The molecule has 2 aromatic carbocycles. The van der Waals surface area contributed by atoms with Crippen LogP contribution in [0.2, 0.25) is 0 Å². The van der Waals surface area contributed by atoms with Crippen molar-refractivity contribution in [3.05, 3.63) is 54.1 Å². The highest BCUT2D eigenvalue weighted by atomic mass is 32.2. The van der Waals surface area contributed by atoms with Gasteiger partial charge in [-0.15, -0.1) is 0 Å². The van der Waals surface area contributed by atoms with E-state index in [4.69, 9.17) is 4.74 Å². The monoisotopic (exact) mass is 360 g/mol. The maximum atomic E-state index is 12.4. The maximum Gasteiger partial charge on any atom is 0.255 e. The first-order chi connectivity index (χ1) is 12.0. The first-order valence-electron chi connectivity index (χ1n) is 8.06. The number of amides is 1. The molecule has 132 valence electrons. The second-order valence-corrected chi connectivity index (χ2v) is 7.81. The number of rotatable bonds is 4. The summed E-state index contributed by atoms with van der Waals surface area (Å²) in [6.45, 7) is 0.411. The zero-order valence-electron chi connectivity index (χ0n) is 13.9. The van der Waals surface area contributed by atoms with Gasteiger partial charge in [-0.25, -0.2) is 8.42 Å².